The van der Waals surface area contributed by atoms with Crippen LogP contribution in [0.1, 0.15) is 45.4 Å². The van der Waals surface area contributed by atoms with Crippen molar-refractivity contribution in [3.63, 3.8) is 0 Å². The van der Waals surface area contributed by atoms with Crippen LogP contribution < -0.4 is 0 Å². The van der Waals surface area contributed by atoms with E-state index in [1.54, 1.807) is 6.21 Å². The quantitative estimate of drug-likeness (QED) is 0.231. The Kier molecular flexibility index (Phi) is 11.5. The molecule has 20 heavy (non-hydrogen) atoms. The minimum atomic E-state index is -1.60. The number of aldehydes is 1. The standard InChI is InChI=1S/C14H27NO5/c1-2-3-4-5-6-7-8-15-11(9-16)13(19)14(20)12(18)10-17/h8-9,11-14,17-20H,2-7,10H2,1H3/t11-,12+,13+,14+/m0/s1. The summed E-state index contributed by atoms with van der Waals surface area (Å²) < 4.78 is 0. The highest BCUT2D eigenvalue weighted by Gasteiger charge is 2.30. The number of rotatable bonds is 12. The molecule has 118 valence electrons. The molecule has 0 spiro atoms. The number of hydrogen-bond acceptors (Lipinski definition) is 6. The van der Waals surface area contributed by atoms with Crippen LogP contribution in [0, 0.1) is 0 Å². The highest BCUT2D eigenvalue weighted by molar-refractivity contribution is 5.65. The van der Waals surface area contributed by atoms with Crippen LogP contribution in [0.2, 0.25) is 0 Å². The van der Waals surface area contributed by atoms with E-state index in [1.165, 1.54) is 19.3 Å². The van der Waals surface area contributed by atoms with Crippen molar-refractivity contribution in [2.24, 2.45) is 4.99 Å². The third kappa shape index (κ3) is 7.69. The fourth-order valence-electron chi connectivity index (χ4n) is 1.78. The molecule has 0 fully saturated rings. The molecule has 0 saturated heterocycles. The van der Waals surface area contributed by atoms with Gasteiger partial charge < -0.3 is 25.2 Å². The number of unbranched alkanes of at least 4 members (excludes halogenated alkanes) is 5. The molecule has 0 bridgehead atoms. The van der Waals surface area contributed by atoms with Crippen molar-refractivity contribution in [3.8, 4) is 0 Å². The van der Waals surface area contributed by atoms with Gasteiger partial charge in [0.1, 0.15) is 30.6 Å². The first-order valence-electron chi connectivity index (χ1n) is 7.20. The number of carbonyl (C=O) groups excluding carboxylic acids is 1. The van der Waals surface area contributed by atoms with Gasteiger partial charge in [0.05, 0.1) is 6.61 Å². The second kappa shape index (κ2) is 12.0. The van der Waals surface area contributed by atoms with Gasteiger partial charge >= 0.3 is 0 Å². The van der Waals surface area contributed by atoms with Gasteiger partial charge in [0, 0.05) is 0 Å². The Hall–Kier alpha value is -0.820. The lowest BCUT2D eigenvalue weighted by molar-refractivity contribution is -0.118. The fraction of sp³-hybridized carbons (Fsp3) is 0.857. The fourth-order valence-corrected chi connectivity index (χ4v) is 1.78. The molecule has 0 amide bonds. The highest BCUT2D eigenvalue weighted by atomic mass is 16.4. The highest BCUT2D eigenvalue weighted by Crippen LogP contribution is 2.08. The Morgan fingerprint density at radius 2 is 1.70 bits per heavy atom. The van der Waals surface area contributed by atoms with Crippen LogP contribution in [-0.4, -0.2) is 63.9 Å². The summed E-state index contributed by atoms with van der Waals surface area (Å²) in [5.74, 6) is 0. The van der Waals surface area contributed by atoms with Gasteiger partial charge in [-0.25, -0.2) is 0 Å². The smallest absolute Gasteiger partial charge is 0.147 e. The summed E-state index contributed by atoms with van der Waals surface area (Å²) in [4.78, 5) is 14.7. The Morgan fingerprint density at radius 1 is 1.05 bits per heavy atom. The molecule has 0 aromatic heterocycles. The van der Waals surface area contributed by atoms with Gasteiger partial charge in [-0.2, -0.15) is 0 Å². The summed E-state index contributed by atoms with van der Waals surface area (Å²) in [6.45, 7) is 1.45. The molecule has 0 radical (unpaired) electrons. The zero-order valence-corrected chi connectivity index (χ0v) is 12.1. The van der Waals surface area contributed by atoms with E-state index in [9.17, 15) is 20.1 Å². The van der Waals surface area contributed by atoms with Gasteiger partial charge in [-0.05, 0) is 19.1 Å². The molecular weight excluding hydrogens is 262 g/mol. The molecule has 0 aliphatic carbocycles. The first-order valence-corrected chi connectivity index (χ1v) is 7.20. The molecule has 0 aliphatic rings. The van der Waals surface area contributed by atoms with E-state index in [2.05, 4.69) is 11.9 Å². The van der Waals surface area contributed by atoms with Crippen molar-refractivity contribution >= 4 is 12.5 Å². The van der Waals surface area contributed by atoms with E-state index >= 15 is 0 Å². The number of hydrogen-bond donors (Lipinski definition) is 4. The molecule has 0 aromatic carbocycles. The maximum atomic E-state index is 10.8. The lowest BCUT2D eigenvalue weighted by Crippen LogP contribution is -2.45. The first-order chi connectivity index (χ1) is 9.58. The molecular formula is C14H27NO5. The van der Waals surface area contributed by atoms with E-state index in [-0.39, 0.29) is 0 Å². The third-order valence-electron chi connectivity index (χ3n) is 3.13. The largest absolute Gasteiger partial charge is 0.394 e. The van der Waals surface area contributed by atoms with Crippen LogP contribution in [0.25, 0.3) is 0 Å². The maximum Gasteiger partial charge on any atom is 0.147 e. The van der Waals surface area contributed by atoms with Crippen LogP contribution in [0.4, 0.5) is 0 Å². The normalized spacial score (nSPS) is 17.9. The van der Waals surface area contributed by atoms with Crippen LogP contribution in [0.3, 0.4) is 0 Å². The average Bonchev–Trinajstić information content (AvgIpc) is 2.48. The zero-order chi connectivity index (χ0) is 15.4. The predicted octanol–water partition coefficient (Wildman–Crippen LogP) is 0.0602. The minimum Gasteiger partial charge on any atom is -0.394 e. The van der Waals surface area contributed by atoms with E-state index in [4.69, 9.17) is 5.11 Å². The third-order valence-corrected chi connectivity index (χ3v) is 3.13. The average molecular weight is 289 g/mol. The Bertz CT molecular complexity index is 272. The molecule has 0 aliphatic heterocycles. The SMILES string of the molecule is CCCCCCCC=N[C@@H](C=O)[C@@H](O)[C@H](O)[C@H](O)CO. The summed E-state index contributed by atoms with van der Waals surface area (Å²) in [6, 6.07) is -1.12. The number of aliphatic hydroxyl groups is 4. The molecule has 4 N–H and O–H groups in total. The van der Waals surface area contributed by atoms with Crippen LogP contribution in [-0.2, 0) is 4.79 Å². The Labute approximate surface area is 120 Å². The van der Waals surface area contributed by atoms with Crippen molar-refractivity contribution in [1.29, 1.82) is 0 Å². The summed E-state index contributed by atoms with van der Waals surface area (Å²) >= 11 is 0. The lowest BCUT2D eigenvalue weighted by atomic mass is 10.0. The molecule has 0 unspecified atom stereocenters. The molecule has 4 atom stereocenters. The van der Waals surface area contributed by atoms with E-state index < -0.39 is 31.0 Å². The topological polar surface area (TPSA) is 110 Å². The molecule has 0 heterocycles. The minimum absolute atomic E-state index is 0.422. The van der Waals surface area contributed by atoms with Crippen molar-refractivity contribution in [1.82, 2.24) is 0 Å². The summed E-state index contributed by atoms with van der Waals surface area (Å²) in [7, 11) is 0. The summed E-state index contributed by atoms with van der Waals surface area (Å²) in [6.07, 6.45) is 3.70. The molecule has 0 aromatic rings. The number of aliphatic hydroxyl groups excluding tert-OH is 4. The van der Waals surface area contributed by atoms with Gasteiger partial charge in [0.25, 0.3) is 0 Å². The second-order valence-electron chi connectivity index (χ2n) is 4.89. The number of nitrogens with zero attached hydrogens (tertiary/aromatic N) is 1. The van der Waals surface area contributed by atoms with Crippen LogP contribution in [0.15, 0.2) is 4.99 Å². The molecule has 6 nitrogen and oxygen atoms in total. The first kappa shape index (κ1) is 19.2. The van der Waals surface area contributed by atoms with Gasteiger partial charge in [0.15, 0.2) is 0 Å². The van der Waals surface area contributed by atoms with Gasteiger partial charge in [-0.3, -0.25) is 4.99 Å². The van der Waals surface area contributed by atoms with Crippen LogP contribution in [0.5, 0.6) is 0 Å². The summed E-state index contributed by atoms with van der Waals surface area (Å²) in [5.41, 5.74) is 0. The van der Waals surface area contributed by atoms with Crippen molar-refractivity contribution in [3.05, 3.63) is 0 Å². The van der Waals surface area contributed by atoms with Gasteiger partial charge in [0.2, 0.25) is 0 Å². The molecule has 0 saturated carbocycles. The number of aliphatic imine (C=N–C) groups is 1. The van der Waals surface area contributed by atoms with E-state index in [0.717, 1.165) is 12.8 Å². The van der Waals surface area contributed by atoms with Gasteiger partial charge in [-0.15, -0.1) is 0 Å². The second-order valence-corrected chi connectivity index (χ2v) is 4.89. The van der Waals surface area contributed by atoms with Crippen LogP contribution >= 0.6 is 0 Å². The molecule has 6 heteroatoms. The van der Waals surface area contributed by atoms with E-state index in [1.807, 2.05) is 0 Å². The summed E-state index contributed by atoms with van der Waals surface area (Å²) in [5, 5.41) is 37.1. The van der Waals surface area contributed by atoms with Crippen molar-refractivity contribution in [2.45, 2.75) is 69.8 Å². The van der Waals surface area contributed by atoms with Gasteiger partial charge in [-0.1, -0.05) is 32.6 Å². The Balaban J connectivity index is 4.09. The van der Waals surface area contributed by atoms with Crippen molar-refractivity contribution in [2.75, 3.05) is 6.61 Å². The monoisotopic (exact) mass is 289 g/mol. The predicted molar refractivity (Wildman–Crippen MR) is 76.8 cm³/mol. The number of carbonyl (C=O) groups is 1. The Morgan fingerprint density at radius 3 is 2.25 bits per heavy atom. The van der Waals surface area contributed by atoms with E-state index in [0.29, 0.717) is 12.7 Å². The van der Waals surface area contributed by atoms with Crippen molar-refractivity contribution < 1.29 is 25.2 Å². The molecule has 0 rings (SSSR count). The maximum absolute atomic E-state index is 10.8. The lowest BCUT2D eigenvalue weighted by Gasteiger charge is -2.23. The zero-order valence-electron chi connectivity index (χ0n) is 12.1.